The van der Waals surface area contributed by atoms with Crippen molar-refractivity contribution in [3.63, 3.8) is 0 Å². The number of rotatable bonds is 8. The molecule has 1 aromatic heterocycles. The highest BCUT2D eigenvalue weighted by Gasteiger charge is 2.12. The van der Waals surface area contributed by atoms with Crippen molar-refractivity contribution in [2.75, 3.05) is 18.1 Å². The van der Waals surface area contributed by atoms with Gasteiger partial charge < -0.3 is 10.0 Å². The van der Waals surface area contributed by atoms with Gasteiger partial charge in [-0.25, -0.2) is 4.79 Å². The number of H-pyrrole nitrogens is 2. The van der Waals surface area contributed by atoms with Crippen LogP contribution in [-0.4, -0.2) is 28.2 Å². The number of nitrogens with zero attached hydrogens (tertiary/aromatic N) is 1. The predicted molar refractivity (Wildman–Crippen MR) is 96.2 cm³/mol. The number of aliphatic hydroxyl groups is 1. The van der Waals surface area contributed by atoms with E-state index in [9.17, 15) is 9.59 Å². The van der Waals surface area contributed by atoms with Gasteiger partial charge in [-0.2, -0.15) is 0 Å². The van der Waals surface area contributed by atoms with Gasteiger partial charge in [0.15, 0.2) is 0 Å². The Balaban J connectivity index is 2.28. The van der Waals surface area contributed by atoms with E-state index in [0.29, 0.717) is 12.4 Å². The zero-order valence-corrected chi connectivity index (χ0v) is 14.3. The summed E-state index contributed by atoms with van der Waals surface area (Å²) < 4.78 is 0. The topological polar surface area (TPSA) is 89.2 Å². The minimum atomic E-state index is -0.508. The SMILES string of the molecule is Cc1ccc(N(CCCCCCO)c2cc(=O)[nH]c(=O)[nH]2)cc1C. The number of anilines is 2. The average Bonchev–Trinajstić information content (AvgIpc) is 2.53. The lowest BCUT2D eigenvalue weighted by Crippen LogP contribution is -2.28. The molecule has 0 aliphatic rings. The van der Waals surface area contributed by atoms with Crippen LogP contribution in [0.3, 0.4) is 0 Å². The summed E-state index contributed by atoms with van der Waals surface area (Å²) in [5.41, 5.74) is 2.38. The van der Waals surface area contributed by atoms with E-state index >= 15 is 0 Å². The van der Waals surface area contributed by atoms with Gasteiger partial charge >= 0.3 is 5.69 Å². The van der Waals surface area contributed by atoms with Crippen LogP contribution in [0, 0.1) is 13.8 Å². The summed E-state index contributed by atoms with van der Waals surface area (Å²) in [6.45, 7) is 4.99. The van der Waals surface area contributed by atoms with E-state index in [0.717, 1.165) is 36.9 Å². The van der Waals surface area contributed by atoms with Crippen molar-refractivity contribution in [2.45, 2.75) is 39.5 Å². The molecule has 0 saturated heterocycles. The van der Waals surface area contributed by atoms with Crippen LogP contribution in [0.1, 0.15) is 36.8 Å². The lowest BCUT2D eigenvalue weighted by Gasteiger charge is -2.25. The van der Waals surface area contributed by atoms with Crippen molar-refractivity contribution in [1.29, 1.82) is 0 Å². The number of aliphatic hydroxyl groups excluding tert-OH is 1. The second kappa shape index (κ2) is 8.49. The van der Waals surface area contributed by atoms with Gasteiger partial charge in [0, 0.05) is 24.9 Å². The Kier molecular flexibility index (Phi) is 6.37. The highest BCUT2D eigenvalue weighted by molar-refractivity contribution is 5.61. The summed E-state index contributed by atoms with van der Waals surface area (Å²) >= 11 is 0. The summed E-state index contributed by atoms with van der Waals surface area (Å²) in [6.07, 6.45) is 3.64. The fourth-order valence-corrected chi connectivity index (χ4v) is 2.62. The van der Waals surface area contributed by atoms with E-state index in [2.05, 4.69) is 16.0 Å². The van der Waals surface area contributed by atoms with Crippen molar-refractivity contribution < 1.29 is 5.11 Å². The quantitative estimate of drug-likeness (QED) is 0.648. The van der Waals surface area contributed by atoms with Crippen molar-refractivity contribution in [3.05, 3.63) is 56.2 Å². The minimum absolute atomic E-state index is 0.211. The Bertz CT molecular complexity index is 751. The van der Waals surface area contributed by atoms with Gasteiger partial charge in [0.2, 0.25) is 0 Å². The molecule has 0 amide bonds. The summed E-state index contributed by atoms with van der Waals surface area (Å²) in [5.74, 6) is 0.495. The predicted octanol–water partition coefficient (Wildman–Crippen LogP) is 2.37. The van der Waals surface area contributed by atoms with Gasteiger partial charge in [-0.3, -0.25) is 14.8 Å². The molecule has 3 N–H and O–H groups in total. The average molecular weight is 331 g/mol. The van der Waals surface area contributed by atoms with E-state index < -0.39 is 11.2 Å². The van der Waals surface area contributed by atoms with Crippen LogP contribution in [0.2, 0.25) is 0 Å². The fraction of sp³-hybridized carbons (Fsp3) is 0.444. The molecule has 0 aliphatic heterocycles. The third-order valence-corrected chi connectivity index (χ3v) is 4.13. The van der Waals surface area contributed by atoms with Crippen LogP contribution >= 0.6 is 0 Å². The van der Waals surface area contributed by atoms with Gasteiger partial charge in [0.25, 0.3) is 5.56 Å². The van der Waals surface area contributed by atoms with Crippen LogP contribution < -0.4 is 16.1 Å². The first-order valence-corrected chi connectivity index (χ1v) is 8.30. The van der Waals surface area contributed by atoms with Gasteiger partial charge in [0.05, 0.1) is 0 Å². The monoisotopic (exact) mass is 331 g/mol. The Hall–Kier alpha value is -2.34. The lowest BCUT2D eigenvalue weighted by molar-refractivity contribution is 0.282. The van der Waals surface area contributed by atoms with E-state index in [-0.39, 0.29) is 6.61 Å². The van der Waals surface area contributed by atoms with E-state index in [1.54, 1.807) is 0 Å². The standard InChI is InChI=1S/C18H25N3O3/c1-13-7-8-15(11-14(13)2)21(9-5-3-4-6-10-22)16-12-17(23)20-18(24)19-16/h7-8,11-12,22H,3-6,9-10H2,1-2H3,(H2,19,20,23,24). The molecule has 0 atom stereocenters. The van der Waals surface area contributed by atoms with Crippen LogP contribution in [0.25, 0.3) is 0 Å². The minimum Gasteiger partial charge on any atom is -0.396 e. The molecule has 2 aromatic rings. The van der Waals surface area contributed by atoms with Gasteiger partial charge in [0.1, 0.15) is 5.82 Å². The maximum absolute atomic E-state index is 11.7. The van der Waals surface area contributed by atoms with Gasteiger partial charge in [-0.05, 0) is 49.9 Å². The summed E-state index contributed by atoms with van der Waals surface area (Å²) in [6, 6.07) is 7.50. The maximum atomic E-state index is 11.7. The number of hydrogen-bond acceptors (Lipinski definition) is 4. The Morgan fingerprint density at radius 3 is 2.38 bits per heavy atom. The van der Waals surface area contributed by atoms with Crippen LogP contribution in [0.5, 0.6) is 0 Å². The first-order chi connectivity index (χ1) is 11.5. The first-order valence-electron chi connectivity index (χ1n) is 8.30. The molecule has 6 heteroatoms. The van der Waals surface area contributed by atoms with Gasteiger partial charge in [-0.1, -0.05) is 18.9 Å². The van der Waals surface area contributed by atoms with Crippen LogP contribution in [0.15, 0.2) is 33.9 Å². The molecule has 0 fully saturated rings. The van der Waals surface area contributed by atoms with Gasteiger partial charge in [-0.15, -0.1) is 0 Å². The first kappa shape index (κ1) is 18.0. The number of hydrogen-bond donors (Lipinski definition) is 3. The highest BCUT2D eigenvalue weighted by atomic mass is 16.3. The normalized spacial score (nSPS) is 10.8. The molecule has 0 aliphatic carbocycles. The molecule has 0 radical (unpaired) electrons. The summed E-state index contributed by atoms with van der Waals surface area (Å²) in [5, 5.41) is 8.86. The molecular weight excluding hydrogens is 306 g/mol. The van der Waals surface area contributed by atoms with Crippen LogP contribution in [-0.2, 0) is 0 Å². The van der Waals surface area contributed by atoms with Crippen molar-refractivity contribution in [2.24, 2.45) is 0 Å². The van der Waals surface area contributed by atoms with Crippen LogP contribution in [0.4, 0.5) is 11.5 Å². The molecule has 130 valence electrons. The Morgan fingerprint density at radius 1 is 0.958 bits per heavy atom. The molecule has 2 rings (SSSR count). The third kappa shape index (κ3) is 4.83. The number of benzene rings is 1. The Labute approximate surface area is 141 Å². The molecule has 0 spiro atoms. The van der Waals surface area contributed by atoms with Crippen molar-refractivity contribution in [1.82, 2.24) is 9.97 Å². The summed E-state index contributed by atoms with van der Waals surface area (Å²) in [7, 11) is 0. The highest BCUT2D eigenvalue weighted by Crippen LogP contribution is 2.25. The van der Waals surface area contributed by atoms with Crippen molar-refractivity contribution >= 4 is 11.5 Å². The molecule has 0 bridgehead atoms. The third-order valence-electron chi connectivity index (χ3n) is 4.13. The van der Waals surface area contributed by atoms with Crippen molar-refractivity contribution in [3.8, 4) is 0 Å². The zero-order chi connectivity index (χ0) is 17.5. The van der Waals surface area contributed by atoms with E-state index in [1.807, 2.05) is 30.9 Å². The maximum Gasteiger partial charge on any atom is 0.327 e. The lowest BCUT2D eigenvalue weighted by atomic mass is 10.1. The number of aromatic nitrogens is 2. The smallest absolute Gasteiger partial charge is 0.327 e. The van der Waals surface area contributed by atoms with E-state index in [1.165, 1.54) is 11.6 Å². The molecule has 0 unspecified atom stereocenters. The second-order valence-electron chi connectivity index (χ2n) is 6.03. The molecule has 1 aromatic carbocycles. The number of nitrogens with one attached hydrogen (secondary N) is 2. The number of unbranched alkanes of at least 4 members (excludes halogenated alkanes) is 3. The zero-order valence-electron chi connectivity index (χ0n) is 14.3. The largest absolute Gasteiger partial charge is 0.396 e. The van der Waals surface area contributed by atoms with E-state index in [4.69, 9.17) is 5.11 Å². The summed E-state index contributed by atoms with van der Waals surface area (Å²) in [4.78, 5) is 30.1. The second-order valence-corrected chi connectivity index (χ2v) is 6.03. The Morgan fingerprint density at radius 2 is 1.71 bits per heavy atom. The fourth-order valence-electron chi connectivity index (χ4n) is 2.62. The number of aryl methyl sites for hydroxylation is 2. The molecular formula is C18H25N3O3. The molecule has 1 heterocycles. The molecule has 6 nitrogen and oxygen atoms in total. The molecule has 0 saturated carbocycles. The molecule has 24 heavy (non-hydrogen) atoms. The number of aromatic amines is 2.